The molecule has 0 saturated heterocycles. The van der Waals surface area contributed by atoms with Gasteiger partial charge in [0.05, 0.1) is 27.8 Å². The Bertz CT molecular complexity index is 3940. The number of para-hydroxylation sites is 2. The number of hydrogen-bond acceptors (Lipinski definition) is 2. The molecule has 4 aromatic heterocycles. The lowest BCUT2D eigenvalue weighted by atomic mass is 9.92. The van der Waals surface area contributed by atoms with Gasteiger partial charge in [0.15, 0.2) is 0 Å². The molecule has 0 saturated carbocycles. The van der Waals surface area contributed by atoms with Gasteiger partial charge in [-0.25, -0.2) is 4.98 Å². The number of nitrogens with zero attached hydrogens (tertiary/aromatic N) is 4. The molecule has 0 aliphatic carbocycles. The maximum atomic E-state index is 5.34. The van der Waals surface area contributed by atoms with E-state index in [-0.39, 0.29) is 0 Å². The van der Waals surface area contributed by atoms with E-state index >= 15 is 0 Å². The standard InChI is InChI=1S/C64H42N4/c1-5-17-43(18-6-1)50-39-51(44-19-7-2-8-20-44)41-52(40-50)46-22-13-21-45(37-46)47-32-34-58-56(42-47)62-55(29-15-30-59(62)67(58)53-25-9-3-10-26-53)48-23-14-24-49(38-48)57-33-35-61-64(66-57)63-60(31-16-36-65-63)68(61)54-27-11-4-12-28-54/h1-42H. The average Bonchev–Trinajstić information content (AvgIpc) is 3.94. The fraction of sp³-hybridized carbons (Fsp3) is 0. The van der Waals surface area contributed by atoms with Gasteiger partial charge in [0.1, 0.15) is 11.0 Å². The fourth-order valence-corrected chi connectivity index (χ4v) is 10.2. The van der Waals surface area contributed by atoms with E-state index in [0.717, 1.165) is 61.3 Å². The molecule has 0 bridgehead atoms. The molecule has 0 fully saturated rings. The summed E-state index contributed by atoms with van der Waals surface area (Å²) in [5.41, 5.74) is 22.1. The van der Waals surface area contributed by atoms with Crippen molar-refractivity contribution in [2.24, 2.45) is 0 Å². The molecule has 0 aliphatic rings. The van der Waals surface area contributed by atoms with E-state index in [1.165, 1.54) is 60.8 Å². The van der Waals surface area contributed by atoms with E-state index in [2.05, 4.69) is 246 Å². The third-order valence-electron chi connectivity index (χ3n) is 13.3. The molecule has 4 nitrogen and oxygen atoms in total. The van der Waals surface area contributed by atoms with E-state index in [1.807, 2.05) is 18.3 Å². The van der Waals surface area contributed by atoms with Crippen LogP contribution in [0.5, 0.6) is 0 Å². The summed E-state index contributed by atoms with van der Waals surface area (Å²) < 4.78 is 4.66. The largest absolute Gasteiger partial charge is 0.309 e. The van der Waals surface area contributed by atoms with Gasteiger partial charge in [-0.2, -0.15) is 0 Å². The van der Waals surface area contributed by atoms with Gasteiger partial charge in [0, 0.05) is 33.9 Å². The molecule has 0 spiro atoms. The predicted molar refractivity (Wildman–Crippen MR) is 283 cm³/mol. The highest BCUT2D eigenvalue weighted by Crippen LogP contribution is 2.42. The van der Waals surface area contributed by atoms with Crippen LogP contribution in [0.25, 0.3) is 122 Å². The Balaban J connectivity index is 0.952. The molecule has 68 heavy (non-hydrogen) atoms. The monoisotopic (exact) mass is 866 g/mol. The van der Waals surface area contributed by atoms with Crippen molar-refractivity contribution in [1.29, 1.82) is 0 Å². The lowest BCUT2D eigenvalue weighted by Gasteiger charge is -2.13. The molecule has 0 aliphatic heterocycles. The van der Waals surface area contributed by atoms with Crippen molar-refractivity contribution in [1.82, 2.24) is 19.1 Å². The van der Waals surface area contributed by atoms with Gasteiger partial charge in [-0.15, -0.1) is 0 Å². The Morgan fingerprint density at radius 3 is 1.43 bits per heavy atom. The van der Waals surface area contributed by atoms with E-state index in [4.69, 9.17) is 9.97 Å². The summed E-state index contributed by atoms with van der Waals surface area (Å²) in [6, 6.07) is 89.5. The van der Waals surface area contributed by atoms with E-state index < -0.39 is 0 Å². The van der Waals surface area contributed by atoms with E-state index in [9.17, 15) is 0 Å². The van der Waals surface area contributed by atoms with Gasteiger partial charge in [-0.05, 0) is 153 Å². The molecule has 0 unspecified atom stereocenters. The molecule has 0 radical (unpaired) electrons. The van der Waals surface area contributed by atoms with Crippen molar-refractivity contribution in [3.63, 3.8) is 0 Å². The minimum absolute atomic E-state index is 0.887. The zero-order chi connectivity index (χ0) is 45.0. The van der Waals surface area contributed by atoms with Gasteiger partial charge in [0.25, 0.3) is 0 Å². The lowest BCUT2D eigenvalue weighted by molar-refractivity contribution is 1.17. The first-order valence-electron chi connectivity index (χ1n) is 23.1. The Hall–Kier alpha value is -9.12. The second-order valence-electron chi connectivity index (χ2n) is 17.4. The van der Waals surface area contributed by atoms with Gasteiger partial charge in [-0.1, -0.05) is 152 Å². The summed E-state index contributed by atoms with van der Waals surface area (Å²) in [4.78, 5) is 10.2. The molecule has 4 heteroatoms. The first-order chi connectivity index (χ1) is 33.7. The normalized spacial score (nSPS) is 11.5. The number of aromatic nitrogens is 4. The summed E-state index contributed by atoms with van der Waals surface area (Å²) in [5, 5.41) is 2.41. The molecule has 0 atom stereocenters. The Labute approximate surface area is 394 Å². The van der Waals surface area contributed by atoms with Crippen LogP contribution in [0.15, 0.2) is 255 Å². The highest BCUT2D eigenvalue weighted by Gasteiger charge is 2.20. The second-order valence-corrected chi connectivity index (χ2v) is 17.4. The fourth-order valence-electron chi connectivity index (χ4n) is 10.2. The summed E-state index contributed by atoms with van der Waals surface area (Å²) >= 11 is 0. The van der Waals surface area contributed by atoms with Gasteiger partial charge >= 0.3 is 0 Å². The van der Waals surface area contributed by atoms with Crippen LogP contribution in [-0.2, 0) is 0 Å². The van der Waals surface area contributed by atoms with Crippen LogP contribution in [0.3, 0.4) is 0 Å². The third-order valence-corrected chi connectivity index (χ3v) is 13.3. The summed E-state index contributed by atoms with van der Waals surface area (Å²) in [7, 11) is 0. The SMILES string of the molecule is c1ccc(-c2cc(-c3ccccc3)cc(-c3cccc(-c4ccc5c(c4)c4c(-c6cccc(-c7ccc8c(n7)c7ncccc7n8-c7ccccc7)c6)cccc4n5-c4ccccc4)c3)c2)cc1. The highest BCUT2D eigenvalue weighted by molar-refractivity contribution is 6.17. The highest BCUT2D eigenvalue weighted by atomic mass is 15.0. The lowest BCUT2D eigenvalue weighted by Crippen LogP contribution is -1.93. The first kappa shape index (κ1) is 39.3. The molecule has 318 valence electrons. The average molecular weight is 867 g/mol. The van der Waals surface area contributed by atoms with Crippen LogP contribution >= 0.6 is 0 Å². The van der Waals surface area contributed by atoms with Gasteiger partial charge in [-0.3, -0.25) is 4.98 Å². The third kappa shape index (κ3) is 6.78. The molecule has 13 rings (SSSR count). The first-order valence-corrected chi connectivity index (χ1v) is 23.1. The summed E-state index contributed by atoms with van der Waals surface area (Å²) in [6.07, 6.45) is 1.85. The van der Waals surface area contributed by atoms with Crippen molar-refractivity contribution < 1.29 is 0 Å². The molecular weight excluding hydrogens is 825 g/mol. The van der Waals surface area contributed by atoms with Gasteiger partial charge < -0.3 is 9.13 Å². The number of fused-ring (bicyclic) bond motifs is 6. The maximum Gasteiger partial charge on any atom is 0.115 e. The topological polar surface area (TPSA) is 35.6 Å². The molecule has 13 aromatic rings. The summed E-state index contributed by atoms with van der Waals surface area (Å²) in [5.74, 6) is 0. The van der Waals surface area contributed by atoms with E-state index in [1.54, 1.807) is 0 Å². The van der Waals surface area contributed by atoms with Gasteiger partial charge in [0.2, 0.25) is 0 Å². The molecule has 4 heterocycles. The molecule has 0 amide bonds. The zero-order valence-corrected chi connectivity index (χ0v) is 37.0. The van der Waals surface area contributed by atoms with Crippen LogP contribution in [-0.4, -0.2) is 19.1 Å². The number of pyridine rings is 2. The number of benzene rings is 9. The van der Waals surface area contributed by atoms with Crippen molar-refractivity contribution in [3.05, 3.63) is 255 Å². The Morgan fingerprint density at radius 1 is 0.279 bits per heavy atom. The van der Waals surface area contributed by atoms with E-state index in [0.29, 0.717) is 0 Å². The zero-order valence-electron chi connectivity index (χ0n) is 37.0. The van der Waals surface area contributed by atoms with Crippen LogP contribution in [0.1, 0.15) is 0 Å². The van der Waals surface area contributed by atoms with Crippen molar-refractivity contribution >= 4 is 43.9 Å². The molecular formula is C64H42N4. The minimum Gasteiger partial charge on any atom is -0.309 e. The predicted octanol–water partition coefficient (Wildman–Crippen LogP) is 16.7. The smallest absolute Gasteiger partial charge is 0.115 e. The van der Waals surface area contributed by atoms with Crippen molar-refractivity contribution in [2.45, 2.75) is 0 Å². The Kier molecular flexibility index (Phi) is 9.47. The van der Waals surface area contributed by atoms with Crippen molar-refractivity contribution in [2.75, 3.05) is 0 Å². The van der Waals surface area contributed by atoms with Crippen LogP contribution in [0.2, 0.25) is 0 Å². The maximum absolute atomic E-state index is 5.34. The second kappa shape index (κ2) is 16.4. The number of hydrogen-bond donors (Lipinski definition) is 0. The van der Waals surface area contributed by atoms with Crippen molar-refractivity contribution in [3.8, 4) is 78.3 Å². The quantitative estimate of drug-likeness (QED) is 0.153. The van der Waals surface area contributed by atoms with Crippen LogP contribution in [0, 0.1) is 0 Å². The van der Waals surface area contributed by atoms with Crippen LogP contribution in [0.4, 0.5) is 0 Å². The minimum atomic E-state index is 0.887. The molecule has 9 aromatic carbocycles. The van der Waals surface area contributed by atoms with Crippen LogP contribution < -0.4 is 0 Å². The Morgan fingerprint density at radius 2 is 0.750 bits per heavy atom. The molecule has 0 N–H and O–H groups in total. The summed E-state index contributed by atoms with van der Waals surface area (Å²) in [6.45, 7) is 0. The number of rotatable bonds is 8.